The van der Waals surface area contributed by atoms with Crippen LogP contribution < -0.4 is 0 Å². The van der Waals surface area contributed by atoms with Gasteiger partial charge in [-0.3, -0.25) is 0 Å². The van der Waals surface area contributed by atoms with Gasteiger partial charge in [-0.05, 0) is 44.4 Å². The second-order valence-electron chi connectivity index (χ2n) is 7.31. The van der Waals surface area contributed by atoms with E-state index in [2.05, 4.69) is 20.8 Å². The Morgan fingerprint density at radius 1 is 0.769 bits per heavy atom. The zero-order valence-corrected chi connectivity index (χ0v) is 17.1. The van der Waals surface area contributed by atoms with Gasteiger partial charge in [0, 0.05) is 5.57 Å². The standard InChI is InChI=1S/C22H38O4/c1-4-7-15-19(21(23)25-16-8-5-2)20(18-13-11-10-12-14-18)22(24)26-17-9-6-3/h18H,4-17H2,1-3H3. The first-order chi connectivity index (χ1) is 12.7. The molecular formula is C22H38O4. The number of carbonyl (C=O) groups is 2. The second-order valence-corrected chi connectivity index (χ2v) is 7.31. The molecule has 0 N–H and O–H groups in total. The fourth-order valence-corrected chi connectivity index (χ4v) is 3.41. The van der Waals surface area contributed by atoms with E-state index in [4.69, 9.17) is 9.47 Å². The van der Waals surface area contributed by atoms with Crippen LogP contribution in [0.15, 0.2) is 11.1 Å². The van der Waals surface area contributed by atoms with Crippen LogP contribution in [0, 0.1) is 5.92 Å². The van der Waals surface area contributed by atoms with Crippen molar-refractivity contribution < 1.29 is 19.1 Å². The van der Waals surface area contributed by atoms with Crippen LogP contribution in [-0.2, 0) is 19.1 Å². The van der Waals surface area contributed by atoms with Crippen molar-refractivity contribution in [3.05, 3.63) is 11.1 Å². The first kappa shape index (κ1) is 22.7. The molecule has 0 radical (unpaired) electrons. The average Bonchev–Trinajstić information content (AvgIpc) is 2.66. The minimum atomic E-state index is -0.306. The summed E-state index contributed by atoms with van der Waals surface area (Å²) >= 11 is 0. The first-order valence-electron chi connectivity index (χ1n) is 10.7. The molecule has 0 spiro atoms. The van der Waals surface area contributed by atoms with Gasteiger partial charge in [-0.2, -0.15) is 0 Å². The molecule has 0 amide bonds. The van der Waals surface area contributed by atoms with Crippen molar-refractivity contribution in [1.29, 1.82) is 0 Å². The minimum absolute atomic E-state index is 0.142. The summed E-state index contributed by atoms with van der Waals surface area (Å²) in [6.07, 6.45) is 11.5. The molecule has 0 atom stereocenters. The third-order valence-electron chi connectivity index (χ3n) is 5.05. The summed E-state index contributed by atoms with van der Waals surface area (Å²) in [4.78, 5) is 25.6. The molecule has 0 bridgehead atoms. The lowest BCUT2D eigenvalue weighted by Gasteiger charge is -2.26. The molecule has 26 heavy (non-hydrogen) atoms. The summed E-state index contributed by atoms with van der Waals surface area (Å²) < 4.78 is 11.0. The van der Waals surface area contributed by atoms with Gasteiger partial charge in [-0.25, -0.2) is 9.59 Å². The van der Waals surface area contributed by atoms with Crippen LogP contribution in [0.1, 0.15) is 97.8 Å². The average molecular weight is 367 g/mol. The van der Waals surface area contributed by atoms with Gasteiger partial charge in [-0.1, -0.05) is 59.3 Å². The van der Waals surface area contributed by atoms with Crippen LogP contribution in [0.5, 0.6) is 0 Å². The third-order valence-corrected chi connectivity index (χ3v) is 5.05. The van der Waals surface area contributed by atoms with E-state index in [0.717, 1.165) is 64.2 Å². The van der Waals surface area contributed by atoms with E-state index >= 15 is 0 Å². The maximum Gasteiger partial charge on any atom is 0.334 e. The summed E-state index contributed by atoms with van der Waals surface area (Å²) in [6, 6.07) is 0. The third kappa shape index (κ3) is 7.92. The van der Waals surface area contributed by atoms with Gasteiger partial charge < -0.3 is 9.47 Å². The fraction of sp³-hybridized carbons (Fsp3) is 0.818. The fourth-order valence-electron chi connectivity index (χ4n) is 3.41. The maximum atomic E-state index is 12.9. The number of carbonyl (C=O) groups excluding carboxylic acids is 2. The summed E-state index contributed by atoms with van der Waals surface area (Å²) in [6.45, 7) is 7.09. The van der Waals surface area contributed by atoms with E-state index in [1.165, 1.54) is 6.42 Å². The van der Waals surface area contributed by atoms with Crippen LogP contribution in [0.4, 0.5) is 0 Å². The molecular weight excluding hydrogens is 328 g/mol. The van der Waals surface area contributed by atoms with Gasteiger partial charge >= 0.3 is 11.9 Å². The highest BCUT2D eigenvalue weighted by Crippen LogP contribution is 2.34. The van der Waals surface area contributed by atoms with Crippen molar-refractivity contribution in [2.24, 2.45) is 5.92 Å². The largest absolute Gasteiger partial charge is 0.462 e. The molecule has 1 fully saturated rings. The van der Waals surface area contributed by atoms with Crippen LogP contribution in [0.3, 0.4) is 0 Å². The number of hydrogen-bond donors (Lipinski definition) is 0. The zero-order valence-electron chi connectivity index (χ0n) is 17.1. The summed E-state index contributed by atoms with van der Waals surface area (Å²) in [5.41, 5.74) is 1.20. The number of rotatable bonds is 12. The Morgan fingerprint density at radius 2 is 1.31 bits per heavy atom. The van der Waals surface area contributed by atoms with Gasteiger partial charge in [0.15, 0.2) is 0 Å². The molecule has 0 aromatic rings. The Morgan fingerprint density at radius 3 is 1.85 bits per heavy atom. The molecule has 4 nitrogen and oxygen atoms in total. The lowest BCUT2D eigenvalue weighted by atomic mass is 9.81. The van der Waals surface area contributed by atoms with E-state index in [1.807, 2.05) is 0 Å². The Bertz CT molecular complexity index is 447. The molecule has 0 aliphatic heterocycles. The van der Waals surface area contributed by atoms with Crippen LogP contribution in [-0.4, -0.2) is 25.2 Å². The van der Waals surface area contributed by atoms with E-state index in [0.29, 0.717) is 30.8 Å². The highest BCUT2D eigenvalue weighted by molar-refractivity contribution is 6.00. The smallest absolute Gasteiger partial charge is 0.334 e. The van der Waals surface area contributed by atoms with Crippen molar-refractivity contribution in [1.82, 2.24) is 0 Å². The maximum absolute atomic E-state index is 12.9. The van der Waals surface area contributed by atoms with Crippen LogP contribution in [0.2, 0.25) is 0 Å². The summed E-state index contributed by atoms with van der Waals surface area (Å²) in [7, 11) is 0. The summed E-state index contributed by atoms with van der Waals surface area (Å²) in [5.74, 6) is -0.452. The van der Waals surface area contributed by atoms with Crippen molar-refractivity contribution >= 4 is 11.9 Å². The van der Waals surface area contributed by atoms with Gasteiger partial charge in [0.1, 0.15) is 0 Å². The zero-order chi connectivity index (χ0) is 19.2. The van der Waals surface area contributed by atoms with Gasteiger partial charge in [0.25, 0.3) is 0 Å². The van der Waals surface area contributed by atoms with Crippen molar-refractivity contribution in [2.45, 2.75) is 97.8 Å². The van der Waals surface area contributed by atoms with E-state index in [1.54, 1.807) is 0 Å². The van der Waals surface area contributed by atoms with Crippen molar-refractivity contribution in [3.63, 3.8) is 0 Å². The quantitative estimate of drug-likeness (QED) is 0.251. The lowest BCUT2D eigenvalue weighted by molar-refractivity contribution is -0.143. The Hall–Kier alpha value is -1.32. The molecule has 150 valence electrons. The van der Waals surface area contributed by atoms with E-state index in [9.17, 15) is 9.59 Å². The molecule has 0 saturated heterocycles. The second kappa shape index (κ2) is 13.8. The Kier molecular flexibility index (Phi) is 12.1. The Balaban J connectivity index is 3.07. The van der Waals surface area contributed by atoms with Crippen LogP contribution in [0.25, 0.3) is 0 Å². The topological polar surface area (TPSA) is 52.6 Å². The predicted molar refractivity (Wildman–Crippen MR) is 105 cm³/mol. The number of unbranched alkanes of at least 4 members (excludes halogenated alkanes) is 3. The predicted octanol–water partition coefficient (Wildman–Crippen LogP) is 5.74. The molecule has 0 aromatic heterocycles. The minimum Gasteiger partial charge on any atom is -0.462 e. The Labute approximate surface area is 159 Å². The van der Waals surface area contributed by atoms with Crippen molar-refractivity contribution in [3.8, 4) is 0 Å². The molecule has 0 aromatic carbocycles. The molecule has 0 heterocycles. The first-order valence-corrected chi connectivity index (χ1v) is 10.7. The normalized spacial score (nSPS) is 16.1. The van der Waals surface area contributed by atoms with Gasteiger partial charge in [0.2, 0.25) is 0 Å². The number of ether oxygens (including phenoxy) is 2. The van der Waals surface area contributed by atoms with E-state index in [-0.39, 0.29) is 17.9 Å². The van der Waals surface area contributed by atoms with Crippen molar-refractivity contribution in [2.75, 3.05) is 13.2 Å². The molecule has 1 aliphatic carbocycles. The highest BCUT2D eigenvalue weighted by atomic mass is 16.5. The number of hydrogen-bond acceptors (Lipinski definition) is 4. The van der Waals surface area contributed by atoms with Gasteiger partial charge in [0.05, 0.1) is 18.8 Å². The highest BCUT2D eigenvalue weighted by Gasteiger charge is 2.30. The summed E-state index contributed by atoms with van der Waals surface area (Å²) in [5, 5.41) is 0. The molecule has 1 aliphatic rings. The van der Waals surface area contributed by atoms with E-state index < -0.39 is 0 Å². The molecule has 1 saturated carbocycles. The molecule has 1 rings (SSSR count). The molecule has 0 unspecified atom stereocenters. The monoisotopic (exact) mass is 366 g/mol. The van der Waals surface area contributed by atoms with Gasteiger partial charge in [-0.15, -0.1) is 0 Å². The SMILES string of the molecule is CCCCOC(=O)C(CCCC)=C(C(=O)OCCCC)C1CCCCC1. The molecule has 4 heteroatoms. The lowest BCUT2D eigenvalue weighted by Crippen LogP contribution is -2.24. The number of esters is 2. The van der Waals surface area contributed by atoms with Crippen LogP contribution >= 0.6 is 0 Å².